The monoisotopic (exact) mass is 434 g/mol. The summed E-state index contributed by atoms with van der Waals surface area (Å²) in [5.41, 5.74) is 1.25. The average molecular weight is 435 g/mol. The standard InChI is InChI=1S/C20H16Cl2N2O3S/c1-2-26-16-9-4-3-8-14(16)23-20(28)24-19(25)17-11-10-15(27-17)12-6-5-7-13(21)18(12)22/h3-11H,2H2,1H3,(H2,23,24,25,28). The smallest absolute Gasteiger partial charge is 0.293 e. The van der Waals surface area contributed by atoms with Crippen molar-refractivity contribution in [2.75, 3.05) is 11.9 Å². The van der Waals surface area contributed by atoms with Gasteiger partial charge in [-0.15, -0.1) is 0 Å². The summed E-state index contributed by atoms with van der Waals surface area (Å²) in [6, 6.07) is 15.7. The number of amides is 1. The van der Waals surface area contributed by atoms with Crippen molar-refractivity contribution in [3.8, 4) is 17.1 Å². The molecule has 3 rings (SSSR count). The highest BCUT2D eigenvalue weighted by Crippen LogP contribution is 2.34. The molecule has 0 atom stereocenters. The molecule has 28 heavy (non-hydrogen) atoms. The zero-order valence-electron chi connectivity index (χ0n) is 14.8. The highest BCUT2D eigenvalue weighted by atomic mass is 35.5. The van der Waals surface area contributed by atoms with E-state index in [0.717, 1.165) is 0 Å². The van der Waals surface area contributed by atoms with Gasteiger partial charge >= 0.3 is 0 Å². The van der Waals surface area contributed by atoms with E-state index in [0.29, 0.717) is 39.4 Å². The Morgan fingerprint density at radius 2 is 1.89 bits per heavy atom. The molecule has 3 aromatic rings. The van der Waals surface area contributed by atoms with Crippen molar-refractivity contribution < 1.29 is 13.9 Å². The lowest BCUT2D eigenvalue weighted by Gasteiger charge is -2.13. The molecule has 1 aromatic heterocycles. The van der Waals surface area contributed by atoms with E-state index in [9.17, 15) is 4.79 Å². The Labute approximate surface area is 177 Å². The number of nitrogens with one attached hydrogen (secondary N) is 2. The van der Waals surface area contributed by atoms with E-state index in [4.69, 9.17) is 44.6 Å². The molecule has 0 saturated carbocycles. The van der Waals surface area contributed by atoms with Crippen LogP contribution in [0.2, 0.25) is 10.0 Å². The molecular weight excluding hydrogens is 419 g/mol. The van der Waals surface area contributed by atoms with E-state index in [1.165, 1.54) is 0 Å². The fourth-order valence-corrected chi connectivity index (χ4v) is 3.06. The third kappa shape index (κ3) is 4.65. The van der Waals surface area contributed by atoms with Gasteiger partial charge in [0.25, 0.3) is 5.91 Å². The minimum absolute atomic E-state index is 0.0910. The summed E-state index contributed by atoms with van der Waals surface area (Å²) in [4.78, 5) is 12.4. The zero-order valence-corrected chi connectivity index (χ0v) is 17.1. The van der Waals surface area contributed by atoms with Crippen molar-refractivity contribution in [1.82, 2.24) is 5.32 Å². The number of furan rings is 1. The summed E-state index contributed by atoms with van der Waals surface area (Å²) in [6.45, 7) is 2.40. The molecule has 0 bridgehead atoms. The van der Waals surface area contributed by atoms with Crippen LogP contribution in [0.1, 0.15) is 17.5 Å². The van der Waals surface area contributed by atoms with Gasteiger partial charge in [0, 0.05) is 5.56 Å². The van der Waals surface area contributed by atoms with Crippen LogP contribution in [0, 0.1) is 0 Å². The predicted octanol–water partition coefficient (Wildman–Crippen LogP) is 5.78. The highest BCUT2D eigenvalue weighted by molar-refractivity contribution is 7.80. The number of thiocarbonyl (C=S) groups is 1. The normalized spacial score (nSPS) is 10.4. The number of carbonyl (C=O) groups is 1. The van der Waals surface area contributed by atoms with Gasteiger partial charge in [0.1, 0.15) is 11.5 Å². The fourth-order valence-electron chi connectivity index (χ4n) is 2.47. The Balaban J connectivity index is 1.70. The number of halogens is 2. The van der Waals surface area contributed by atoms with Crippen molar-refractivity contribution in [2.45, 2.75) is 6.92 Å². The first-order chi connectivity index (χ1) is 13.5. The molecule has 0 spiro atoms. The predicted molar refractivity (Wildman–Crippen MR) is 115 cm³/mol. The third-order valence-electron chi connectivity index (χ3n) is 3.71. The largest absolute Gasteiger partial charge is 0.492 e. The summed E-state index contributed by atoms with van der Waals surface area (Å²) in [5.74, 6) is 0.666. The van der Waals surface area contributed by atoms with Crippen molar-refractivity contribution in [2.24, 2.45) is 0 Å². The number of hydrogen-bond donors (Lipinski definition) is 2. The van der Waals surface area contributed by atoms with Gasteiger partial charge < -0.3 is 14.5 Å². The van der Waals surface area contributed by atoms with Crippen molar-refractivity contribution in [3.05, 3.63) is 70.4 Å². The highest BCUT2D eigenvalue weighted by Gasteiger charge is 2.16. The van der Waals surface area contributed by atoms with E-state index in [-0.39, 0.29) is 10.9 Å². The summed E-state index contributed by atoms with van der Waals surface area (Å²) in [6.07, 6.45) is 0. The van der Waals surface area contributed by atoms with Crippen LogP contribution in [-0.4, -0.2) is 17.6 Å². The molecule has 0 aliphatic rings. The van der Waals surface area contributed by atoms with Crippen LogP contribution < -0.4 is 15.4 Å². The topological polar surface area (TPSA) is 63.5 Å². The molecule has 5 nitrogen and oxygen atoms in total. The van der Waals surface area contributed by atoms with Crippen LogP contribution in [0.3, 0.4) is 0 Å². The molecular formula is C20H16Cl2N2O3S. The lowest BCUT2D eigenvalue weighted by molar-refractivity contribution is 0.0951. The van der Waals surface area contributed by atoms with Gasteiger partial charge in [0.05, 0.1) is 22.3 Å². The molecule has 2 aromatic carbocycles. The van der Waals surface area contributed by atoms with E-state index in [2.05, 4.69) is 10.6 Å². The van der Waals surface area contributed by atoms with Gasteiger partial charge in [-0.3, -0.25) is 10.1 Å². The van der Waals surface area contributed by atoms with Crippen LogP contribution >= 0.6 is 35.4 Å². The van der Waals surface area contributed by atoms with E-state index < -0.39 is 5.91 Å². The van der Waals surface area contributed by atoms with Gasteiger partial charge in [-0.1, -0.05) is 41.4 Å². The quantitative estimate of drug-likeness (QED) is 0.498. The average Bonchev–Trinajstić information content (AvgIpc) is 3.16. The molecule has 0 aliphatic heterocycles. The first-order valence-corrected chi connectivity index (χ1v) is 9.54. The van der Waals surface area contributed by atoms with Gasteiger partial charge in [0.15, 0.2) is 10.9 Å². The maximum atomic E-state index is 12.4. The second-order valence-corrected chi connectivity index (χ2v) is 6.80. The Morgan fingerprint density at radius 1 is 1.11 bits per heavy atom. The Bertz CT molecular complexity index is 1020. The van der Waals surface area contributed by atoms with E-state index >= 15 is 0 Å². The second kappa shape index (κ2) is 9.10. The Hall–Kier alpha value is -2.54. The molecule has 144 valence electrons. The number of ether oxygens (including phenoxy) is 1. The summed E-state index contributed by atoms with van der Waals surface area (Å²) >= 11 is 17.4. The Kier molecular flexibility index (Phi) is 6.57. The lowest BCUT2D eigenvalue weighted by atomic mass is 10.2. The number of carbonyl (C=O) groups excluding carboxylic acids is 1. The molecule has 2 N–H and O–H groups in total. The molecule has 0 saturated heterocycles. The molecule has 1 heterocycles. The molecule has 0 fully saturated rings. The molecule has 1 amide bonds. The van der Waals surface area contributed by atoms with Crippen molar-refractivity contribution in [3.63, 3.8) is 0 Å². The van der Waals surface area contributed by atoms with E-state index in [1.807, 2.05) is 25.1 Å². The van der Waals surface area contributed by atoms with Crippen LogP contribution in [0.25, 0.3) is 11.3 Å². The minimum atomic E-state index is -0.490. The second-order valence-electron chi connectivity index (χ2n) is 5.60. The number of benzene rings is 2. The summed E-state index contributed by atoms with van der Waals surface area (Å²) < 4.78 is 11.1. The Morgan fingerprint density at radius 3 is 2.68 bits per heavy atom. The van der Waals surface area contributed by atoms with Gasteiger partial charge in [-0.2, -0.15) is 0 Å². The van der Waals surface area contributed by atoms with Crippen LogP contribution in [-0.2, 0) is 0 Å². The molecule has 8 heteroatoms. The summed E-state index contributed by atoms with van der Waals surface area (Å²) in [5, 5.41) is 6.40. The number of para-hydroxylation sites is 2. The molecule has 0 aliphatic carbocycles. The number of rotatable bonds is 5. The minimum Gasteiger partial charge on any atom is -0.492 e. The van der Waals surface area contributed by atoms with Crippen molar-refractivity contribution >= 4 is 52.1 Å². The van der Waals surface area contributed by atoms with Crippen molar-refractivity contribution in [1.29, 1.82) is 0 Å². The molecule has 0 unspecified atom stereocenters. The van der Waals surface area contributed by atoms with E-state index in [1.54, 1.807) is 36.4 Å². The van der Waals surface area contributed by atoms with Crippen LogP contribution in [0.4, 0.5) is 5.69 Å². The van der Waals surface area contributed by atoms with Gasteiger partial charge in [-0.25, -0.2) is 0 Å². The first-order valence-electron chi connectivity index (χ1n) is 8.38. The first kappa shape index (κ1) is 20.2. The lowest BCUT2D eigenvalue weighted by Crippen LogP contribution is -2.34. The van der Waals surface area contributed by atoms with Gasteiger partial charge in [-0.05, 0) is 55.5 Å². The molecule has 0 radical (unpaired) electrons. The summed E-state index contributed by atoms with van der Waals surface area (Å²) in [7, 11) is 0. The maximum Gasteiger partial charge on any atom is 0.293 e. The van der Waals surface area contributed by atoms with Crippen LogP contribution in [0.5, 0.6) is 5.75 Å². The zero-order chi connectivity index (χ0) is 20.1. The number of hydrogen-bond acceptors (Lipinski definition) is 4. The SMILES string of the molecule is CCOc1ccccc1NC(=S)NC(=O)c1ccc(-c2cccc(Cl)c2Cl)o1. The fraction of sp³-hybridized carbons (Fsp3) is 0.100. The maximum absolute atomic E-state index is 12.4. The van der Waals surface area contributed by atoms with Crippen LogP contribution in [0.15, 0.2) is 59.0 Å². The van der Waals surface area contributed by atoms with Gasteiger partial charge in [0.2, 0.25) is 0 Å². The third-order valence-corrected chi connectivity index (χ3v) is 4.73. The number of anilines is 1.